The van der Waals surface area contributed by atoms with Crippen molar-refractivity contribution in [1.29, 1.82) is 0 Å². The summed E-state index contributed by atoms with van der Waals surface area (Å²) in [4.78, 5) is 17.9. The van der Waals surface area contributed by atoms with Crippen LogP contribution in [0.25, 0.3) is 0 Å². The third-order valence-electron chi connectivity index (χ3n) is 7.26. The van der Waals surface area contributed by atoms with Crippen LogP contribution in [0.2, 0.25) is 0 Å². The van der Waals surface area contributed by atoms with Gasteiger partial charge in [0.15, 0.2) is 0 Å². The molecule has 5 rings (SSSR count). The van der Waals surface area contributed by atoms with E-state index in [4.69, 9.17) is 4.74 Å². The van der Waals surface area contributed by atoms with Gasteiger partial charge in [0.25, 0.3) is 0 Å². The maximum absolute atomic E-state index is 11.5. The highest BCUT2D eigenvalue weighted by Gasteiger charge is 2.23. The summed E-state index contributed by atoms with van der Waals surface area (Å²) in [6.07, 6.45) is 10.9. The average Bonchev–Trinajstić information content (AvgIpc) is 3.70. The second-order valence-electron chi connectivity index (χ2n) is 9.66. The van der Waals surface area contributed by atoms with Gasteiger partial charge in [0.2, 0.25) is 0 Å². The van der Waals surface area contributed by atoms with Crippen LogP contribution in [0.3, 0.4) is 0 Å². The number of carboxylic acid groups (broad SMARTS) is 1. The minimum Gasteiger partial charge on any atom is -0.493 e. The molecule has 0 aliphatic heterocycles. The highest BCUT2D eigenvalue weighted by atomic mass is 16.5. The fourth-order valence-corrected chi connectivity index (χ4v) is 4.99. The molecule has 0 saturated heterocycles. The van der Waals surface area contributed by atoms with Crippen molar-refractivity contribution in [3.63, 3.8) is 0 Å². The van der Waals surface area contributed by atoms with Crippen LogP contribution < -0.4 is 9.64 Å². The molecule has 5 heteroatoms. The van der Waals surface area contributed by atoms with Crippen molar-refractivity contribution in [3.05, 3.63) is 83.2 Å². The van der Waals surface area contributed by atoms with Crippen LogP contribution in [0.4, 0.5) is 11.4 Å². The zero-order chi connectivity index (χ0) is 23.5. The molecule has 1 atom stereocenters. The topological polar surface area (TPSA) is 62.7 Å². The van der Waals surface area contributed by atoms with E-state index in [-0.39, 0.29) is 0 Å². The molecule has 5 nitrogen and oxygen atoms in total. The summed E-state index contributed by atoms with van der Waals surface area (Å²) in [6.45, 7) is 0.833. The number of pyridine rings is 1. The molecule has 0 amide bonds. The molecule has 0 radical (unpaired) electrons. The predicted molar refractivity (Wildman–Crippen MR) is 134 cm³/mol. The van der Waals surface area contributed by atoms with E-state index in [1.54, 1.807) is 18.5 Å². The molecule has 2 aliphatic carbocycles. The van der Waals surface area contributed by atoms with Crippen molar-refractivity contribution < 1.29 is 14.6 Å². The number of aryl methyl sites for hydroxylation is 2. The highest BCUT2D eigenvalue weighted by molar-refractivity contribution is 5.89. The quantitative estimate of drug-likeness (QED) is 0.404. The first kappa shape index (κ1) is 22.5. The summed E-state index contributed by atoms with van der Waals surface area (Å²) in [5.74, 6) is 1.27. The van der Waals surface area contributed by atoms with Crippen molar-refractivity contribution >= 4 is 17.3 Å². The van der Waals surface area contributed by atoms with Gasteiger partial charge in [0.1, 0.15) is 5.75 Å². The van der Waals surface area contributed by atoms with Crippen molar-refractivity contribution in [2.75, 3.05) is 18.6 Å². The molecule has 1 saturated carbocycles. The Balaban J connectivity index is 1.27. The molecule has 1 N–H and O–H groups in total. The van der Waals surface area contributed by atoms with Crippen LogP contribution in [-0.4, -0.2) is 29.7 Å². The van der Waals surface area contributed by atoms with E-state index in [1.165, 1.54) is 29.7 Å². The van der Waals surface area contributed by atoms with Crippen molar-refractivity contribution in [3.8, 4) is 5.75 Å². The van der Waals surface area contributed by atoms with Crippen molar-refractivity contribution in [1.82, 2.24) is 4.98 Å². The van der Waals surface area contributed by atoms with Gasteiger partial charge in [-0.05, 0) is 116 Å². The molecule has 0 spiro atoms. The van der Waals surface area contributed by atoms with Gasteiger partial charge in [-0.1, -0.05) is 6.07 Å². The summed E-state index contributed by atoms with van der Waals surface area (Å²) >= 11 is 0. The van der Waals surface area contributed by atoms with Gasteiger partial charge in [0.05, 0.1) is 12.2 Å². The number of carboxylic acids is 1. The molecule has 2 aliphatic rings. The van der Waals surface area contributed by atoms with Crippen molar-refractivity contribution in [2.45, 2.75) is 50.9 Å². The second-order valence-corrected chi connectivity index (χ2v) is 9.66. The maximum atomic E-state index is 11.5. The molecule has 176 valence electrons. The number of hydrogen-bond donors (Lipinski definition) is 1. The molecular weight excluding hydrogens is 424 g/mol. The Bertz CT molecular complexity index is 1150. The molecule has 1 fully saturated rings. The fraction of sp³-hybridized carbons (Fsp3) is 0.379. The van der Waals surface area contributed by atoms with Crippen molar-refractivity contribution in [2.24, 2.45) is 5.92 Å². The van der Waals surface area contributed by atoms with Gasteiger partial charge in [0, 0.05) is 30.8 Å². The molecular formula is C29H32N2O3. The van der Waals surface area contributed by atoms with Gasteiger partial charge in [-0.3, -0.25) is 4.98 Å². The lowest BCUT2D eigenvalue weighted by Crippen LogP contribution is -2.14. The van der Waals surface area contributed by atoms with E-state index in [1.807, 2.05) is 0 Å². The number of anilines is 2. The third kappa shape index (κ3) is 5.09. The third-order valence-corrected chi connectivity index (χ3v) is 7.26. The summed E-state index contributed by atoms with van der Waals surface area (Å²) in [7, 11) is 2.11. The van der Waals surface area contributed by atoms with Crippen LogP contribution in [0.1, 0.15) is 65.1 Å². The predicted octanol–water partition coefficient (Wildman–Crippen LogP) is 6.39. The first-order valence-corrected chi connectivity index (χ1v) is 12.3. The molecule has 1 aromatic heterocycles. The summed E-state index contributed by atoms with van der Waals surface area (Å²) in [6, 6.07) is 16.8. The minimum absolute atomic E-state index is 0.368. The van der Waals surface area contributed by atoms with E-state index in [9.17, 15) is 9.90 Å². The molecule has 0 bridgehead atoms. The lowest BCUT2D eigenvalue weighted by Gasteiger charge is -2.28. The van der Waals surface area contributed by atoms with Crippen LogP contribution >= 0.6 is 0 Å². The fourth-order valence-electron chi connectivity index (χ4n) is 4.99. The highest BCUT2D eigenvalue weighted by Crippen LogP contribution is 2.38. The molecule has 34 heavy (non-hydrogen) atoms. The van der Waals surface area contributed by atoms with Gasteiger partial charge >= 0.3 is 5.97 Å². The normalized spacial score (nSPS) is 17.1. The number of carbonyl (C=O) groups is 1. The number of nitrogens with zero attached hydrogens (tertiary/aromatic N) is 2. The number of aromatic carboxylic acids is 1. The van der Waals surface area contributed by atoms with E-state index in [0.29, 0.717) is 11.5 Å². The van der Waals surface area contributed by atoms with Crippen LogP contribution in [-0.2, 0) is 12.8 Å². The first-order valence-electron chi connectivity index (χ1n) is 12.3. The van der Waals surface area contributed by atoms with Crippen LogP contribution in [0.5, 0.6) is 5.75 Å². The Morgan fingerprint density at radius 2 is 1.88 bits per heavy atom. The average molecular weight is 457 g/mol. The van der Waals surface area contributed by atoms with E-state index < -0.39 is 5.97 Å². The van der Waals surface area contributed by atoms with E-state index in [0.717, 1.165) is 61.6 Å². The number of rotatable bonds is 9. The number of ether oxygens (including phenoxy) is 1. The van der Waals surface area contributed by atoms with Crippen LogP contribution in [0, 0.1) is 5.92 Å². The number of fused-ring (bicyclic) bond motifs is 1. The summed E-state index contributed by atoms with van der Waals surface area (Å²) in [5, 5.41) is 9.46. The molecule has 1 heterocycles. The van der Waals surface area contributed by atoms with Gasteiger partial charge < -0.3 is 14.7 Å². The van der Waals surface area contributed by atoms with Crippen LogP contribution in [0.15, 0.2) is 60.9 Å². The monoisotopic (exact) mass is 456 g/mol. The van der Waals surface area contributed by atoms with E-state index in [2.05, 4.69) is 59.4 Å². The standard InChI is InChI=1S/C29H32N2O3/c1-31(24-9-12-26(13-10-24)34-19-20-5-6-20)25-11-14-27-21(3-2-4-22(27)17-25)7-8-23-18-30-16-15-28(23)29(32)33/h9-18,20-21H,2-8,19H2,1H3,(H,32,33)/t21-/m0/s1. The number of hydrogen-bond acceptors (Lipinski definition) is 4. The first-order chi connectivity index (χ1) is 16.6. The Hall–Kier alpha value is -3.34. The smallest absolute Gasteiger partial charge is 0.336 e. The van der Waals surface area contributed by atoms with Gasteiger partial charge in [-0.25, -0.2) is 4.79 Å². The Morgan fingerprint density at radius 1 is 1.09 bits per heavy atom. The SMILES string of the molecule is CN(c1ccc(OCC2CC2)cc1)c1ccc2c(c1)CCC[C@H]2CCc1cnccc1C(=O)O. The Morgan fingerprint density at radius 3 is 2.65 bits per heavy atom. The Labute approximate surface area is 201 Å². The zero-order valence-corrected chi connectivity index (χ0v) is 19.7. The Kier molecular flexibility index (Phi) is 6.52. The second kappa shape index (κ2) is 9.88. The molecule has 0 unspecified atom stereocenters. The lowest BCUT2D eigenvalue weighted by atomic mass is 9.79. The summed E-state index contributed by atoms with van der Waals surface area (Å²) < 4.78 is 5.88. The summed E-state index contributed by atoms with van der Waals surface area (Å²) in [5.41, 5.74) is 6.34. The maximum Gasteiger partial charge on any atom is 0.336 e. The van der Waals surface area contributed by atoms with Gasteiger partial charge in [-0.15, -0.1) is 0 Å². The lowest BCUT2D eigenvalue weighted by molar-refractivity contribution is 0.0695. The number of aromatic nitrogens is 1. The van der Waals surface area contributed by atoms with Gasteiger partial charge in [-0.2, -0.15) is 0 Å². The molecule has 2 aromatic carbocycles. The number of benzene rings is 2. The molecule has 3 aromatic rings. The largest absolute Gasteiger partial charge is 0.493 e. The minimum atomic E-state index is -0.878. The zero-order valence-electron chi connectivity index (χ0n) is 19.7. The van der Waals surface area contributed by atoms with E-state index >= 15 is 0 Å².